The molecular formula is C21H23N5O2. The summed E-state index contributed by atoms with van der Waals surface area (Å²) in [6, 6.07) is 8.87. The number of aromatic amines is 1. The number of aromatic nitrogens is 3. The Kier molecular flexibility index (Phi) is 3.87. The highest BCUT2D eigenvalue weighted by molar-refractivity contribution is 6.07. The Balaban J connectivity index is 1.58. The third-order valence-corrected chi connectivity index (χ3v) is 6.30. The summed E-state index contributed by atoms with van der Waals surface area (Å²) in [7, 11) is 0. The monoisotopic (exact) mass is 377 g/mol. The first-order chi connectivity index (χ1) is 13.5. The second-order valence-corrected chi connectivity index (χ2v) is 8.02. The second-order valence-electron chi connectivity index (χ2n) is 8.02. The van der Waals surface area contributed by atoms with E-state index in [1.54, 1.807) is 24.3 Å². The zero-order valence-electron chi connectivity index (χ0n) is 15.7. The number of phenols is 1. The summed E-state index contributed by atoms with van der Waals surface area (Å²) in [6.45, 7) is 3.31. The number of aryl methyl sites for hydroxylation is 1. The number of nitrogens with two attached hydrogens (primary N) is 1. The minimum Gasteiger partial charge on any atom is -0.508 e. The summed E-state index contributed by atoms with van der Waals surface area (Å²) in [5.74, 6) is 0.989. The molecule has 144 valence electrons. The Hall–Kier alpha value is -2.93. The van der Waals surface area contributed by atoms with E-state index in [1.807, 2.05) is 17.9 Å². The number of nitrogens with one attached hydrogen (secondary N) is 1. The van der Waals surface area contributed by atoms with Gasteiger partial charge in [-0.05, 0) is 61.9 Å². The number of rotatable bonds is 2. The fourth-order valence-electron chi connectivity index (χ4n) is 4.73. The minimum absolute atomic E-state index is 0.0146. The average Bonchev–Trinajstić information content (AvgIpc) is 3.14. The standard InChI is InChI=1S/C21H23N5O2/c1-11-18-16(21(28)26-9-13-2-3-14(10-26)19(13)22)8-17(23-20(18)25-24-11)12-4-6-15(27)7-5-12/h4-8,13-14,19,27H,2-3,9-10,22H2,1H3,(H,23,24,25)/t13-,14+,19?. The van der Waals surface area contributed by atoms with Gasteiger partial charge in [-0.2, -0.15) is 5.10 Å². The van der Waals surface area contributed by atoms with Crippen LogP contribution < -0.4 is 5.73 Å². The normalized spacial score (nSPS) is 24.1. The second kappa shape index (κ2) is 6.31. The maximum absolute atomic E-state index is 13.5. The van der Waals surface area contributed by atoms with Gasteiger partial charge in [-0.25, -0.2) is 4.98 Å². The molecule has 2 aliphatic rings. The van der Waals surface area contributed by atoms with Crippen molar-refractivity contribution in [2.45, 2.75) is 25.8 Å². The first kappa shape index (κ1) is 17.2. The van der Waals surface area contributed by atoms with Gasteiger partial charge in [0.2, 0.25) is 0 Å². The average molecular weight is 377 g/mol. The van der Waals surface area contributed by atoms with Crippen LogP contribution in [0.3, 0.4) is 0 Å². The van der Waals surface area contributed by atoms with E-state index in [0.29, 0.717) is 41.8 Å². The molecule has 1 saturated heterocycles. The Morgan fingerprint density at radius 2 is 1.89 bits per heavy atom. The van der Waals surface area contributed by atoms with Crippen molar-refractivity contribution in [1.29, 1.82) is 0 Å². The number of carbonyl (C=O) groups excluding carboxylic acids is 1. The van der Waals surface area contributed by atoms with E-state index in [0.717, 1.165) is 29.5 Å². The van der Waals surface area contributed by atoms with Crippen LogP contribution >= 0.6 is 0 Å². The number of amides is 1. The van der Waals surface area contributed by atoms with Crippen LogP contribution in [-0.2, 0) is 0 Å². The quantitative estimate of drug-likeness (QED) is 0.636. The molecule has 3 atom stereocenters. The van der Waals surface area contributed by atoms with Crippen molar-refractivity contribution in [3.63, 3.8) is 0 Å². The molecule has 0 spiro atoms. The molecule has 0 radical (unpaired) electrons. The topological polar surface area (TPSA) is 108 Å². The number of aromatic hydroxyl groups is 1. The third-order valence-electron chi connectivity index (χ3n) is 6.30. The highest BCUT2D eigenvalue weighted by atomic mass is 16.3. The lowest BCUT2D eigenvalue weighted by atomic mass is 9.92. The van der Waals surface area contributed by atoms with E-state index in [4.69, 9.17) is 5.73 Å². The van der Waals surface area contributed by atoms with Gasteiger partial charge in [-0.15, -0.1) is 0 Å². The molecule has 28 heavy (non-hydrogen) atoms. The summed E-state index contributed by atoms with van der Waals surface area (Å²) in [5.41, 5.74) is 9.81. The predicted molar refractivity (Wildman–Crippen MR) is 106 cm³/mol. The van der Waals surface area contributed by atoms with Crippen LogP contribution in [0.5, 0.6) is 5.75 Å². The van der Waals surface area contributed by atoms with E-state index < -0.39 is 0 Å². The van der Waals surface area contributed by atoms with Gasteiger partial charge in [0.15, 0.2) is 5.65 Å². The largest absolute Gasteiger partial charge is 0.508 e. The van der Waals surface area contributed by atoms with Crippen molar-refractivity contribution in [3.8, 4) is 17.0 Å². The predicted octanol–water partition coefficient (Wildman–Crippen LogP) is 2.45. The van der Waals surface area contributed by atoms with E-state index in [-0.39, 0.29) is 17.7 Å². The molecule has 4 N–H and O–H groups in total. The number of nitrogens with zero attached hydrogens (tertiary/aromatic N) is 3. The van der Waals surface area contributed by atoms with Gasteiger partial charge in [0.1, 0.15) is 5.75 Å². The van der Waals surface area contributed by atoms with E-state index in [1.165, 1.54) is 0 Å². The molecule has 3 aromatic rings. The van der Waals surface area contributed by atoms with Gasteiger partial charge >= 0.3 is 0 Å². The molecule has 7 nitrogen and oxygen atoms in total. The van der Waals surface area contributed by atoms with Crippen molar-refractivity contribution in [1.82, 2.24) is 20.1 Å². The van der Waals surface area contributed by atoms with Crippen LogP contribution in [0.15, 0.2) is 30.3 Å². The van der Waals surface area contributed by atoms with Crippen molar-refractivity contribution in [2.24, 2.45) is 17.6 Å². The molecule has 1 aliphatic heterocycles. The third kappa shape index (κ3) is 2.65. The lowest BCUT2D eigenvalue weighted by Gasteiger charge is -2.36. The highest BCUT2D eigenvalue weighted by Crippen LogP contribution is 2.37. The molecule has 5 rings (SSSR count). The Labute approximate surface area is 162 Å². The zero-order chi connectivity index (χ0) is 19.4. The van der Waals surface area contributed by atoms with Crippen LogP contribution in [0, 0.1) is 18.8 Å². The zero-order valence-corrected chi connectivity index (χ0v) is 15.7. The molecule has 3 heterocycles. The van der Waals surface area contributed by atoms with Crippen LogP contribution in [0.1, 0.15) is 28.9 Å². The molecule has 1 saturated carbocycles. The number of pyridine rings is 1. The highest BCUT2D eigenvalue weighted by Gasteiger charge is 2.41. The summed E-state index contributed by atoms with van der Waals surface area (Å²) in [5, 5.41) is 17.5. The number of fused-ring (bicyclic) bond motifs is 3. The van der Waals surface area contributed by atoms with Crippen molar-refractivity contribution in [3.05, 3.63) is 41.6 Å². The molecular weight excluding hydrogens is 354 g/mol. The Morgan fingerprint density at radius 1 is 1.21 bits per heavy atom. The Bertz CT molecular complexity index is 1040. The van der Waals surface area contributed by atoms with Gasteiger partial charge in [0.25, 0.3) is 5.91 Å². The van der Waals surface area contributed by atoms with Crippen molar-refractivity contribution < 1.29 is 9.90 Å². The van der Waals surface area contributed by atoms with Gasteiger partial charge in [0, 0.05) is 24.7 Å². The first-order valence-corrected chi connectivity index (χ1v) is 9.71. The SMILES string of the molecule is Cc1n[nH]c2nc(-c3ccc(O)cc3)cc(C(=O)N3C[C@H]4CC[C@@H](C3)C4N)c12. The molecule has 2 bridgehead atoms. The smallest absolute Gasteiger partial charge is 0.254 e. The molecule has 7 heteroatoms. The lowest BCUT2D eigenvalue weighted by molar-refractivity contribution is 0.0639. The van der Waals surface area contributed by atoms with Crippen LogP contribution in [0.2, 0.25) is 0 Å². The lowest BCUT2D eigenvalue weighted by Crippen LogP contribution is -2.50. The van der Waals surface area contributed by atoms with Gasteiger partial charge in [-0.1, -0.05) is 0 Å². The fraction of sp³-hybridized carbons (Fsp3) is 0.381. The van der Waals surface area contributed by atoms with Gasteiger partial charge < -0.3 is 15.7 Å². The number of likely N-dealkylation sites (tertiary alicyclic amines) is 1. The number of hydrogen-bond acceptors (Lipinski definition) is 5. The number of piperidine rings is 1. The Morgan fingerprint density at radius 3 is 2.57 bits per heavy atom. The first-order valence-electron chi connectivity index (χ1n) is 9.71. The maximum Gasteiger partial charge on any atom is 0.254 e. The summed E-state index contributed by atoms with van der Waals surface area (Å²) >= 11 is 0. The molecule has 1 amide bonds. The number of H-pyrrole nitrogens is 1. The van der Waals surface area contributed by atoms with E-state index >= 15 is 0 Å². The van der Waals surface area contributed by atoms with Crippen LogP contribution in [0.4, 0.5) is 0 Å². The number of benzene rings is 1. The van der Waals surface area contributed by atoms with Crippen LogP contribution in [-0.4, -0.2) is 50.2 Å². The number of carbonyl (C=O) groups is 1. The molecule has 2 aromatic heterocycles. The summed E-state index contributed by atoms with van der Waals surface area (Å²) in [6.07, 6.45) is 2.20. The fourth-order valence-corrected chi connectivity index (χ4v) is 4.73. The molecule has 1 aliphatic carbocycles. The molecule has 2 fully saturated rings. The van der Waals surface area contributed by atoms with Crippen molar-refractivity contribution >= 4 is 16.9 Å². The number of hydrogen-bond donors (Lipinski definition) is 3. The number of phenolic OH excluding ortho intramolecular Hbond substituents is 1. The van der Waals surface area contributed by atoms with Gasteiger partial charge in [-0.3, -0.25) is 9.89 Å². The van der Waals surface area contributed by atoms with E-state index in [9.17, 15) is 9.90 Å². The maximum atomic E-state index is 13.5. The van der Waals surface area contributed by atoms with Gasteiger partial charge in [0.05, 0.1) is 22.3 Å². The summed E-state index contributed by atoms with van der Waals surface area (Å²) in [4.78, 5) is 20.1. The minimum atomic E-state index is 0.0146. The summed E-state index contributed by atoms with van der Waals surface area (Å²) < 4.78 is 0. The molecule has 1 unspecified atom stereocenters. The van der Waals surface area contributed by atoms with Crippen LogP contribution in [0.25, 0.3) is 22.3 Å². The van der Waals surface area contributed by atoms with E-state index in [2.05, 4.69) is 15.2 Å². The molecule has 1 aromatic carbocycles. The van der Waals surface area contributed by atoms with Crippen molar-refractivity contribution in [2.75, 3.05) is 13.1 Å².